The van der Waals surface area contributed by atoms with Gasteiger partial charge < -0.3 is 4.42 Å². The molecule has 0 atom stereocenters. The van der Waals surface area contributed by atoms with Crippen molar-refractivity contribution in [2.45, 2.75) is 0 Å². The van der Waals surface area contributed by atoms with Crippen LogP contribution in [0.2, 0.25) is 0 Å². The summed E-state index contributed by atoms with van der Waals surface area (Å²) in [6.07, 6.45) is 0. The fraction of sp³-hybridized carbons (Fsp3) is 0. The van der Waals surface area contributed by atoms with E-state index < -0.39 is 0 Å². The Hall–Kier alpha value is -3.36. The fourth-order valence-corrected chi connectivity index (χ4v) is 4.50. The molecule has 2 heteroatoms. The van der Waals surface area contributed by atoms with E-state index in [1.807, 2.05) is 0 Å². The summed E-state index contributed by atoms with van der Waals surface area (Å²) in [6.45, 7) is 0. The first-order chi connectivity index (χ1) is 14.8. The topological polar surface area (TPSA) is 13.1 Å². The van der Waals surface area contributed by atoms with E-state index in [1.165, 1.54) is 16.5 Å². The highest BCUT2D eigenvalue weighted by Crippen LogP contribution is 2.39. The first-order valence-corrected chi connectivity index (χ1v) is 10.8. The predicted molar refractivity (Wildman–Crippen MR) is 130 cm³/mol. The number of fused-ring (bicyclic) bond motifs is 5. The second kappa shape index (κ2) is 6.86. The normalized spacial score (nSPS) is 11.5. The van der Waals surface area contributed by atoms with Crippen LogP contribution in [0.25, 0.3) is 55.0 Å². The van der Waals surface area contributed by atoms with Crippen LogP contribution >= 0.6 is 15.9 Å². The van der Waals surface area contributed by atoms with E-state index in [0.29, 0.717) is 0 Å². The maximum Gasteiger partial charge on any atom is 0.143 e. The number of hydrogen-bond acceptors (Lipinski definition) is 1. The van der Waals surface area contributed by atoms with Gasteiger partial charge in [-0.1, -0.05) is 101 Å². The average Bonchev–Trinajstić information content (AvgIpc) is 3.19. The summed E-state index contributed by atoms with van der Waals surface area (Å²) in [7, 11) is 0. The van der Waals surface area contributed by atoms with Crippen molar-refractivity contribution in [2.75, 3.05) is 0 Å². The molecule has 30 heavy (non-hydrogen) atoms. The molecule has 0 fully saturated rings. The van der Waals surface area contributed by atoms with Crippen LogP contribution in [-0.4, -0.2) is 0 Å². The van der Waals surface area contributed by atoms with E-state index in [2.05, 4.69) is 119 Å². The summed E-state index contributed by atoms with van der Waals surface area (Å²) in [5.41, 5.74) is 6.59. The van der Waals surface area contributed by atoms with Crippen LogP contribution < -0.4 is 0 Å². The van der Waals surface area contributed by atoms with Crippen LogP contribution in [0.1, 0.15) is 0 Å². The van der Waals surface area contributed by atoms with Gasteiger partial charge in [0.15, 0.2) is 0 Å². The SMILES string of the molecule is Brc1ccc(-c2ccc(-c3cccc4c3oc3c5ccccc5ccc43)cc2)cc1. The molecule has 1 heterocycles. The summed E-state index contributed by atoms with van der Waals surface area (Å²) in [4.78, 5) is 0. The lowest BCUT2D eigenvalue weighted by molar-refractivity contribution is 0.674. The van der Waals surface area contributed by atoms with Gasteiger partial charge in [-0.3, -0.25) is 0 Å². The molecule has 6 aromatic rings. The van der Waals surface area contributed by atoms with Crippen molar-refractivity contribution < 1.29 is 4.42 Å². The monoisotopic (exact) mass is 448 g/mol. The minimum Gasteiger partial charge on any atom is -0.455 e. The number of furan rings is 1. The third kappa shape index (κ3) is 2.76. The molecule has 0 aliphatic rings. The van der Waals surface area contributed by atoms with Crippen molar-refractivity contribution in [1.29, 1.82) is 0 Å². The second-order valence-electron chi connectivity index (χ2n) is 7.53. The minimum atomic E-state index is 0.945. The summed E-state index contributed by atoms with van der Waals surface area (Å²) < 4.78 is 7.56. The first kappa shape index (κ1) is 17.5. The molecule has 1 nitrogen and oxygen atoms in total. The molecule has 1 aromatic heterocycles. The molecule has 0 saturated carbocycles. The van der Waals surface area contributed by atoms with Gasteiger partial charge in [0.1, 0.15) is 11.2 Å². The number of rotatable bonds is 2. The number of hydrogen-bond donors (Lipinski definition) is 0. The lowest BCUT2D eigenvalue weighted by atomic mass is 9.98. The molecule has 6 rings (SSSR count). The Morgan fingerprint density at radius 2 is 1.10 bits per heavy atom. The van der Waals surface area contributed by atoms with Crippen molar-refractivity contribution in [3.63, 3.8) is 0 Å². The molecule has 0 amide bonds. The van der Waals surface area contributed by atoms with Gasteiger partial charge in [-0.15, -0.1) is 0 Å². The maximum absolute atomic E-state index is 6.47. The molecule has 0 aliphatic heterocycles. The van der Waals surface area contributed by atoms with Gasteiger partial charge in [-0.25, -0.2) is 0 Å². The van der Waals surface area contributed by atoms with E-state index in [0.717, 1.165) is 42.9 Å². The summed E-state index contributed by atoms with van der Waals surface area (Å²) in [5, 5.41) is 4.68. The molecule has 0 unspecified atom stereocenters. The third-order valence-electron chi connectivity index (χ3n) is 5.76. The van der Waals surface area contributed by atoms with Gasteiger partial charge >= 0.3 is 0 Å². The van der Waals surface area contributed by atoms with Gasteiger partial charge in [-0.05, 0) is 40.3 Å². The van der Waals surface area contributed by atoms with Gasteiger partial charge in [0.2, 0.25) is 0 Å². The molecule has 0 bridgehead atoms. The Morgan fingerprint density at radius 3 is 1.90 bits per heavy atom. The molecule has 0 aliphatic carbocycles. The van der Waals surface area contributed by atoms with Crippen LogP contribution in [0, 0.1) is 0 Å². The third-order valence-corrected chi connectivity index (χ3v) is 6.29. The lowest BCUT2D eigenvalue weighted by Gasteiger charge is -2.06. The summed E-state index contributed by atoms with van der Waals surface area (Å²) in [5.74, 6) is 0. The first-order valence-electron chi connectivity index (χ1n) is 9.97. The second-order valence-corrected chi connectivity index (χ2v) is 8.45. The van der Waals surface area contributed by atoms with Gasteiger partial charge in [0.25, 0.3) is 0 Å². The van der Waals surface area contributed by atoms with Crippen molar-refractivity contribution in [3.8, 4) is 22.3 Å². The summed E-state index contributed by atoms with van der Waals surface area (Å²) >= 11 is 3.50. The van der Waals surface area contributed by atoms with Crippen molar-refractivity contribution in [3.05, 3.63) is 108 Å². The van der Waals surface area contributed by atoms with Gasteiger partial charge in [0.05, 0.1) is 0 Å². The van der Waals surface area contributed by atoms with Crippen molar-refractivity contribution in [2.24, 2.45) is 0 Å². The number of para-hydroxylation sites is 1. The average molecular weight is 449 g/mol. The fourth-order valence-electron chi connectivity index (χ4n) is 4.24. The molecular formula is C28H17BrO. The smallest absolute Gasteiger partial charge is 0.143 e. The zero-order chi connectivity index (χ0) is 20.1. The predicted octanol–water partition coefficient (Wildman–Crippen LogP) is 8.84. The molecule has 142 valence electrons. The highest BCUT2D eigenvalue weighted by molar-refractivity contribution is 9.10. The van der Waals surface area contributed by atoms with E-state index in [-0.39, 0.29) is 0 Å². The van der Waals surface area contributed by atoms with Crippen LogP contribution in [0.3, 0.4) is 0 Å². The Labute approximate surface area is 182 Å². The van der Waals surface area contributed by atoms with Crippen molar-refractivity contribution in [1.82, 2.24) is 0 Å². The Morgan fingerprint density at radius 1 is 0.467 bits per heavy atom. The quantitative estimate of drug-likeness (QED) is 0.257. The summed E-state index contributed by atoms with van der Waals surface area (Å²) in [6, 6.07) is 36.2. The molecule has 5 aromatic carbocycles. The van der Waals surface area contributed by atoms with E-state index >= 15 is 0 Å². The molecule has 0 spiro atoms. The maximum atomic E-state index is 6.47. The van der Waals surface area contributed by atoms with Crippen LogP contribution in [0.15, 0.2) is 112 Å². The molecular weight excluding hydrogens is 432 g/mol. The molecule has 0 saturated heterocycles. The lowest BCUT2D eigenvalue weighted by Crippen LogP contribution is -1.81. The Kier molecular flexibility index (Phi) is 4.00. The highest BCUT2D eigenvalue weighted by atomic mass is 79.9. The van der Waals surface area contributed by atoms with E-state index in [9.17, 15) is 0 Å². The van der Waals surface area contributed by atoms with E-state index in [1.54, 1.807) is 0 Å². The zero-order valence-electron chi connectivity index (χ0n) is 16.1. The Balaban J connectivity index is 1.52. The van der Waals surface area contributed by atoms with Crippen LogP contribution in [-0.2, 0) is 0 Å². The van der Waals surface area contributed by atoms with Crippen LogP contribution in [0.5, 0.6) is 0 Å². The molecule has 0 N–H and O–H groups in total. The van der Waals surface area contributed by atoms with Gasteiger partial charge in [-0.2, -0.15) is 0 Å². The zero-order valence-corrected chi connectivity index (χ0v) is 17.7. The number of halogens is 1. The van der Waals surface area contributed by atoms with Gasteiger partial charge in [0, 0.05) is 26.2 Å². The highest BCUT2D eigenvalue weighted by Gasteiger charge is 2.14. The number of benzene rings is 5. The van der Waals surface area contributed by atoms with Crippen LogP contribution in [0.4, 0.5) is 0 Å². The minimum absolute atomic E-state index is 0.945. The standard InChI is InChI=1S/C28H17BrO/c29-22-15-12-19(13-16-22)18-8-10-21(11-9-18)24-6-3-7-25-26-17-14-20-4-1-2-5-23(20)28(26)30-27(24)25/h1-17H. The molecule has 0 radical (unpaired) electrons. The Bertz CT molecular complexity index is 1520. The van der Waals surface area contributed by atoms with E-state index in [4.69, 9.17) is 4.42 Å². The largest absolute Gasteiger partial charge is 0.455 e. The van der Waals surface area contributed by atoms with Crippen molar-refractivity contribution >= 4 is 48.6 Å².